The van der Waals surface area contributed by atoms with Crippen LogP contribution in [0, 0.1) is 6.92 Å². The second kappa shape index (κ2) is 4.92. The SMILES string of the molecule is Cc1ccc(OCc2nccs2)c(C(=O)O)n1. The van der Waals surface area contributed by atoms with E-state index in [9.17, 15) is 4.79 Å². The number of aromatic carboxylic acids is 1. The van der Waals surface area contributed by atoms with Crippen molar-refractivity contribution in [1.29, 1.82) is 0 Å². The first-order valence-corrected chi connectivity index (χ1v) is 5.77. The summed E-state index contributed by atoms with van der Waals surface area (Å²) < 4.78 is 5.40. The Morgan fingerprint density at radius 2 is 2.35 bits per heavy atom. The van der Waals surface area contributed by atoms with Crippen molar-refractivity contribution in [1.82, 2.24) is 9.97 Å². The second-order valence-corrected chi connectivity index (χ2v) is 4.30. The standard InChI is InChI=1S/C11H10N2O3S/c1-7-2-3-8(10(13-7)11(14)15)16-6-9-12-4-5-17-9/h2-5H,6H2,1H3,(H,14,15). The van der Waals surface area contributed by atoms with E-state index in [4.69, 9.17) is 9.84 Å². The molecule has 0 aromatic carbocycles. The van der Waals surface area contributed by atoms with Crippen LogP contribution < -0.4 is 4.74 Å². The summed E-state index contributed by atoms with van der Waals surface area (Å²) in [5.74, 6) is -0.832. The molecule has 1 N–H and O–H groups in total. The molecule has 0 aliphatic heterocycles. The zero-order chi connectivity index (χ0) is 12.3. The Morgan fingerprint density at radius 3 is 3.00 bits per heavy atom. The number of thiazole rings is 1. The van der Waals surface area contributed by atoms with E-state index in [1.54, 1.807) is 25.3 Å². The van der Waals surface area contributed by atoms with Crippen LogP contribution in [-0.4, -0.2) is 21.0 Å². The monoisotopic (exact) mass is 250 g/mol. The van der Waals surface area contributed by atoms with E-state index in [1.807, 2.05) is 5.38 Å². The van der Waals surface area contributed by atoms with Gasteiger partial charge in [-0.05, 0) is 19.1 Å². The summed E-state index contributed by atoms with van der Waals surface area (Å²) in [6.07, 6.45) is 1.68. The number of carboxylic acids is 1. The topological polar surface area (TPSA) is 72.3 Å². The van der Waals surface area contributed by atoms with E-state index < -0.39 is 5.97 Å². The molecule has 0 unspecified atom stereocenters. The van der Waals surface area contributed by atoms with Gasteiger partial charge in [-0.1, -0.05) is 0 Å². The van der Waals surface area contributed by atoms with Gasteiger partial charge in [0.1, 0.15) is 11.6 Å². The normalized spacial score (nSPS) is 10.2. The van der Waals surface area contributed by atoms with Crippen molar-refractivity contribution in [3.63, 3.8) is 0 Å². The number of ether oxygens (including phenoxy) is 1. The van der Waals surface area contributed by atoms with Crippen LogP contribution in [-0.2, 0) is 6.61 Å². The van der Waals surface area contributed by atoms with Gasteiger partial charge in [-0.15, -0.1) is 11.3 Å². The summed E-state index contributed by atoms with van der Waals surface area (Å²) in [6.45, 7) is 1.99. The molecule has 2 heterocycles. The Morgan fingerprint density at radius 1 is 1.53 bits per heavy atom. The van der Waals surface area contributed by atoms with Gasteiger partial charge in [-0.2, -0.15) is 0 Å². The molecule has 88 valence electrons. The minimum atomic E-state index is -1.09. The number of carbonyl (C=O) groups is 1. The van der Waals surface area contributed by atoms with E-state index in [0.717, 1.165) is 5.01 Å². The lowest BCUT2D eigenvalue weighted by Gasteiger charge is -2.07. The van der Waals surface area contributed by atoms with Gasteiger partial charge in [-0.3, -0.25) is 0 Å². The summed E-state index contributed by atoms with van der Waals surface area (Å²) >= 11 is 1.46. The molecule has 2 aromatic heterocycles. The molecule has 6 heteroatoms. The minimum Gasteiger partial charge on any atom is -0.484 e. The van der Waals surface area contributed by atoms with Crippen molar-refractivity contribution in [2.75, 3.05) is 0 Å². The first kappa shape index (κ1) is 11.5. The molecule has 0 amide bonds. The largest absolute Gasteiger partial charge is 0.484 e. The maximum absolute atomic E-state index is 11.0. The van der Waals surface area contributed by atoms with Crippen LogP contribution in [0.3, 0.4) is 0 Å². The van der Waals surface area contributed by atoms with Crippen molar-refractivity contribution < 1.29 is 14.6 Å². The Kier molecular flexibility index (Phi) is 3.34. The van der Waals surface area contributed by atoms with Gasteiger partial charge >= 0.3 is 5.97 Å². The third kappa shape index (κ3) is 2.79. The highest BCUT2D eigenvalue weighted by Crippen LogP contribution is 2.18. The molecule has 0 aliphatic carbocycles. The lowest BCUT2D eigenvalue weighted by Crippen LogP contribution is -2.06. The summed E-state index contributed by atoms with van der Waals surface area (Å²) in [6, 6.07) is 3.32. The Labute approximate surface area is 102 Å². The van der Waals surface area contributed by atoms with Crippen LogP contribution >= 0.6 is 11.3 Å². The average molecular weight is 250 g/mol. The maximum atomic E-state index is 11.0. The molecule has 0 saturated carbocycles. The van der Waals surface area contributed by atoms with Crippen molar-refractivity contribution in [3.8, 4) is 5.75 Å². The lowest BCUT2D eigenvalue weighted by molar-refractivity contribution is 0.0684. The number of carboxylic acid groups (broad SMARTS) is 1. The Hall–Kier alpha value is -1.95. The highest BCUT2D eigenvalue weighted by Gasteiger charge is 2.13. The number of aryl methyl sites for hydroxylation is 1. The molecular weight excluding hydrogens is 240 g/mol. The van der Waals surface area contributed by atoms with Gasteiger partial charge in [0, 0.05) is 17.3 Å². The predicted molar refractivity (Wildman–Crippen MR) is 62.4 cm³/mol. The molecule has 17 heavy (non-hydrogen) atoms. The fourth-order valence-electron chi connectivity index (χ4n) is 1.28. The zero-order valence-electron chi connectivity index (χ0n) is 9.08. The highest BCUT2D eigenvalue weighted by atomic mass is 32.1. The zero-order valence-corrected chi connectivity index (χ0v) is 9.90. The first-order valence-electron chi connectivity index (χ1n) is 4.89. The molecule has 2 aromatic rings. The molecule has 0 aliphatic rings. The van der Waals surface area contributed by atoms with Crippen LogP contribution in [0.4, 0.5) is 0 Å². The van der Waals surface area contributed by atoms with E-state index in [2.05, 4.69) is 9.97 Å². The quantitative estimate of drug-likeness (QED) is 0.899. The minimum absolute atomic E-state index is 0.0680. The van der Waals surface area contributed by atoms with Crippen molar-refractivity contribution in [2.45, 2.75) is 13.5 Å². The number of rotatable bonds is 4. The van der Waals surface area contributed by atoms with Gasteiger partial charge in [0.25, 0.3) is 0 Å². The van der Waals surface area contributed by atoms with Crippen LogP contribution in [0.1, 0.15) is 21.2 Å². The van der Waals surface area contributed by atoms with E-state index >= 15 is 0 Å². The van der Waals surface area contributed by atoms with E-state index in [0.29, 0.717) is 5.69 Å². The van der Waals surface area contributed by atoms with Crippen LogP contribution in [0.2, 0.25) is 0 Å². The highest BCUT2D eigenvalue weighted by molar-refractivity contribution is 7.09. The fourth-order valence-corrected chi connectivity index (χ4v) is 1.80. The van der Waals surface area contributed by atoms with E-state index in [1.165, 1.54) is 11.3 Å². The molecule has 0 radical (unpaired) electrons. The van der Waals surface area contributed by atoms with Gasteiger partial charge in [0.2, 0.25) is 0 Å². The first-order chi connectivity index (χ1) is 8.16. The van der Waals surface area contributed by atoms with Gasteiger partial charge in [0.15, 0.2) is 11.4 Å². The van der Waals surface area contributed by atoms with Crippen LogP contribution in [0.5, 0.6) is 5.75 Å². The third-order valence-electron chi connectivity index (χ3n) is 2.03. The summed E-state index contributed by atoms with van der Waals surface area (Å²) in [5.41, 5.74) is 0.575. The lowest BCUT2D eigenvalue weighted by atomic mass is 10.3. The Balaban J connectivity index is 2.17. The molecule has 5 nitrogen and oxygen atoms in total. The predicted octanol–water partition coefficient (Wildman–Crippen LogP) is 2.12. The number of pyridine rings is 1. The smallest absolute Gasteiger partial charge is 0.358 e. The molecule has 0 atom stereocenters. The molecule has 0 spiro atoms. The number of nitrogens with zero attached hydrogens (tertiary/aromatic N) is 2. The van der Waals surface area contributed by atoms with Gasteiger partial charge in [0.05, 0.1) is 0 Å². The van der Waals surface area contributed by atoms with Crippen molar-refractivity contribution in [3.05, 3.63) is 40.1 Å². The summed E-state index contributed by atoms with van der Waals surface area (Å²) in [7, 11) is 0. The fraction of sp³-hybridized carbons (Fsp3) is 0.182. The molecule has 0 bridgehead atoms. The molecule has 0 fully saturated rings. The number of aromatic nitrogens is 2. The second-order valence-electron chi connectivity index (χ2n) is 3.32. The third-order valence-corrected chi connectivity index (χ3v) is 2.79. The van der Waals surface area contributed by atoms with Crippen molar-refractivity contribution in [2.24, 2.45) is 0 Å². The summed E-state index contributed by atoms with van der Waals surface area (Å²) in [4.78, 5) is 19.0. The maximum Gasteiger partial charge on any atom is 0.358 e. The van der Waals surface area contributed by atoms with Gasteiger partial charge < -0.3 is 9.84 Å². The van der Waals surface area contributed by atoms with Crippen LogP contribution in [0.15, 0.2) is 23.7 Å². The molecule has 2 rings (SSSR count). The molecule has 0 saturated heterocycles. The van der Waals surface area contributed by atoms with Crippen molar-refractivity contribution >= 4 is 17.3 Å². The van der Waals surface area contributed by atoms with Gasteiger partial charge in [-0.25, -0.2) is 14.8 Å². The molecular formula is C11H10N2O3S. The number of hydrogen-bond acceptors (Lipinski definition) is 5. The average Bonchev–Trinajstić information content (AvgIpc) is 2.80. The van der Waals surface area contributed by atoms with E-state index in [-0.39, 0.29) is 18.1 Å². The Bertz CT molecular complexity index is 526. The summed E-state index contributed by atoms with van der Waals surface area (Å²) in [5, 5.41) is 11.6. The number of hydrogen-bond donors (Lipinski definition) is 1. The van der Waals surface area contributed by atoms with Crippen LogP contribution in [0.25, 0.3) is 0 Å².